The lowest BCUT2D eigenvalue weighted by Crippen LogP contribution is -2.31. The summed E-state index contributed by atoms with van der Waals surface area (Å²) in [4.78, 5) is 1.29. The zero-order valence-electron chi connectivity index (χ0n) is 10.1. The van der Waals surface area contributed by atoms with Gasteiger partial charge in [-0.15, -0.1) is 11.3 Å². The molecule has 0 aliphatic carbocycles. The molecule has 0 bridgehead atoms. The molecule has 1 aromatic rings. The van der Waals surface area contributed by atoms with Crippen molar-refractivity contribution in [3.63, 3.8) is 0 Å². The van der Waals surface area contributed by atoms with E-state index in [0.717, 1.165) is 22.6 Å². The Morgan fingerprint density at radius 3 is 2.75 bits per heavy atom. The fourth-order valence-electron chi connectivity index (χ4n) is 1.18. The number of hydrogen-bond acceptors (Lipinski definition) is 4. The van der Waals surface area contributed by atoms with Gasteiger partial charge >= 0.3 is 0 Å². The molecule has 16 heavy (non-hydrogen) atoms. The van der Waals surface area contributed by atoms with Crippen molar-refractivity contribution in [2.45, 2.75) is 25.1 Å². The molecule has 0 saturated carbocycles. The van der Waals surface area contributed by atoms with Gasteiger partial charge in [-0.05, 0) is 42.1 Å². The van der Waals surface area contributed by atoms with Gasteiger partial charge in [0, 0.05) is 22.7 Å². The highest BCUT2D eigenvalue weighted by atomic mass is 79.9. The summed E-state index contributed by atoms with van der Waals surface area (Å²) in [6, 6.07) is 2.11. The fraction of sp³-hybridized carbons (Fsp3) is 0.636. The summed E-state index contributed by atoms with van der Waals surface area (Å²) in [5.74, 6) is 0. The number of thiophene rings is 1. The van der Waals surface area contributed by atoms with E-state index >= 15 is 0 Å². The molecule has 0 amide bonds. The fourth-order valence-corrected chi connectivity index (χ4v) is 3.09. The lowest BCUT2D eigenvalue weighted by molar-refractivity contribution is 0.425. The van der Waals surface area contributed by atoms with E-state index in [-0.39, 0.29) is 0 Å². The van der Waals surface area contributed by atoms with E-state index in [4.69, 9.17) is 4.74 Å². The molecule has 0 saturated heterocycles. The summed E-state index contributed by atoms with van der Waals surface area (Å²) in [7, 11) is 1.70. The first-order chi connectivity index (χ1) is 7.48. The minimum atomic E-state index is 0.290. The molecule has 1 heterocycles. The number of methoxy groups -OCH3 is 1. The van der Waals surface area contributed by atoms with Crippen molar-refractivity contribution in [3.8, 4) is 5.06 Å². The highest BCUT2D eigenvalue weighted by molar-refractivity contribution is 9.10. The summed E-state index contributed by atoms with van der Waals surface area (Å²) < 4.78 is 6.57. The lowest BCUT2D eigenvalue weighted by atomic mass is 10.2. The summed E-state index contributed by atoms with van der Waals surface area (Å²) in [5, 5.41) is 4.42. The molecule has 2 nitrogen and oxygen atoms in total. The van der Waals surface area contributed by atoms with E-state index in [1.54, 1.807) is 18.4 Å². The second-order valence-electron chi connectivity index (χ2n) is 4.12. The molecule has 0 aliphatic heterocycles. The van der Waals surface area contributed by atoms with Gasteiger partial charge in [0.2, 0.25) is 0 Å². The monoisotopic (exact) mass is 323 g/mol. The van der Waals surface area contributed by atoms with Gasteiger partial charge in [-0.25, -0.2) is 0 Å². The predicted molar refractivity (Wildman–Crippen MR) is 77.9 cm³/mol. The number of thioether (sulfide) groups is 1. The highest BCUT2D eigenvalue weighted by Crippen LogP contribution is 2.34. The third-order valence-corrected chi connectivity index (χ3v) is 5.49. The second kappa shape index (κ2) is 6.28. The van der Waals surface area contributed by atoms with Crippen LogP contribution in [0.4, 0.5) is 0 Å². The maximum Gasteiger partial charge on any atom is 0.188 e. The Morgan fingerprint density at radius 1 is 1.56 bits per heavy atom. The smallest absolute Gasteiger partial charge is 0.188 e. The molecule has 0 aliphatic rings. The number of rotatable bonds is 6. The van der Waals surface area contributed by atoms with Gasteiger partial charge in [-0.2, -0.15) is 11.8 Å². The largest absolute Gasteiger partial charge is 0.486 e. The van der Waals surface area contributed by atoms with Crippen LogP contribution in [-0.4, -0.2) is 24.7 Å². The Balaban J connectivity index is 2.43. The summed E-state index contributed by atoms with van der Waals surface area (Å²) >= 11 is 7.04. The topological polar surface area (TPSA) is 21.3 Å². The minimum Gasteiger partial charge on any atom is -0.486 e. The minimum absolute atomic E-state index is 0.290. The Labute approximate surface area is 114 Å². The molecule has 0 aromatic carbocycles. The van der Waals surface area contributed by atoms with Crippen molar-refractivity contribution in [2.24, 2.45) is 0 Å². The van der Waals surface area contributed by atoms with Gasteiger partial charge in [0.1, 0.15) is 0 Å². The average Bonchev–Trinajstić information content (AvgIpc) is 2.59. The third kappa shape index (κ3) is 4.28. The third-order valence-electron chi connectivity index (χ3n) is 2.29. The van der Waals surface area contributed by atoms with Crippen molar-refractivity contribution < 1.29 is 4.74 Å². The van der Waals surface area contributed by atoms with Crippen LogP contribution in [0.3, 0.4) is 0 Å². The van der Waals surface area contributed by atoms with E-state index in [0.29, 0.717) is 4.75 Å². The molecular formula is C11H18BrNOS2. The molecule has 0 atom stereocenters. The van der Waals surface area contributed by atoms with E-state index in [2.05, 4.69) is 47.4 Å². The zero-order valence-corrected chi connectivity index (χ0v) is 13.3. The van der Waals surface area contributed by atoms with Crippen LogP contribution in [-0.2, 0) is 6.54 Å². The van der Waals surface area contributed by atoms with E-state index in [1.807, 2.05) is 11.8 Å². The van der Waals surface area contributed by atoms with Gasteiger partial charge in [0.15, 0.2) is 5.06 Å². The average molecular weight is 324 g/mol. The van der Waals surface area contributed by atoms with Gasteiger partial charge in [0.25, 0.3) is 0 Å². The van der Waals surface area contributed by atoms with Gasteiger partial charge in [-0.1, -0.05) is 0 Å². The van der Waals surface area contributed by atoms with Gasteiger partial charge < -0.3 is 10.1 Å². The van der Waals surface area contributed by atoms with Crippen molar-refractivity contribution in [2.75, 3.05) is 19.9 Å². The SMILES string of the molecule is COc1sc(CNCC(C)(C)SC)cc1Br. The molecule has 0 spiro atoms. The zero-order chi connectivity index (χ0) is 12.2. The molecule has 0 unspecified atom stereocenters. The molecule has 1 aromatic heterocycles. The van der Waals surface area contributed by atoms with Crippen molar-refractivity contribution in [3.05, 3.63) is 15.4 Å². The van der Waals surface area contributed by atoms with Crippen LogP contribution >= 0.6 is 39.0 Å². The number of nitrogens with one attached hydrogen (secondary N) is 1. The first-order valence-corrected chi connectivity index (χ1v) is 7.90. The number of hydrogen-bond donors (Lipinski definition) is 1. The predicted octanol–water partition coefficient (Wildman–Crippen LogP) is 3.75. The Morgan fingerprint density at radius 2 is 2.25 bits per heavy atom. The van der Waals surface area contributed by atoms with Crippen molar-refractivity contribution in [1.82, 2.24) is 5.32 Å². The van der Waals surface area contributed by atoms with Crippen molar-refractivity contribution in [1.29, 1.82) is 0 Å². The van der Waals surface area contributed by atoms with Crippen LogP contribution in [0.25, 0.3) is 0 Å². The maximum absolute atomic E-state index is 5.23. The van der Waals surface area contributed by atoms with E-state index in [1.165, 1.54) is 4.88 Å². The molecule has 0 radical (unpaired) electrons. The van der Waals surface area contributed by atoms with Gasteiger partial charge in [0.05, 0.1) is 11.6 Å². The van der Waals surface area contributed by atoms with Crippen LogP contribution in [0.15, 0.2) is 10.5 Å². The van der Waals surface area contributed by atoms with E-state index < -0.39 is 0 Å². The lowest BCUT2D eigenvalue weighted by Gasteiger charge is -2.22. The van der Waals surface area contributed by atoms with Gasteiger partial charge in [-0.3, -0.25) is 0 Å². The first kappa shape index (κ1) is 14.4. The van der Waals surface area contributed by atoms with Crippen molar-refractivity contribution >= 4 is 39.0 Å². The summed E-state index contributed by atoms with van der Waals surface area (Å²) in [5.41, 5.74) is 0. The standard InChI is InChI=1S/C11H18BrNOS2/c1-11(2,15-4)7-13-6-8-5-9(12)10(14-3)16-8/h5,13H,6-7H2,1-4H3. The van der Waals surface area contributed by atoms with Crippen LogP contribution < -0.4 is 10.1 Å². The number of ether oxygens (including phenoxy) is 1. The first-order valence-electron chi connectivity index (χ1n) is 5.06. The molecule has 5 heteroatoms. The Bertz CT molecular complexity index is 339. The Kier molecular flexibility index (Phi) is 5.64. The molecular weight excluding hydrogens is 306 g/mol. The van der Waals surface area contributed by atoms with Crippen LogP contribution in [0.2, 0.25) is 0 Å². The van der Waals surface area contributed by atoms with E-state index in [9.17, 15) is 0 Å². The van der Waals surface area contributed by atoms with Crippen LogP contribution in [0.5, 0.6) is 5.06 Å². The van der Waals surface area contributed by atoms with Crippen LogP contribution in [0, 0.1) is 0 Å². The summed E-state index contributed by atoms with van der Waals surface area (Å²) in [6.45, 7) is 6.40. The maximum atomic E-state index is 5.23. The summed E-state index contributed by atoms with van der Waals surface area (Å²) in [6.07, 6.45) is 2.15. The van der Waals surface area contributed by atoms with Crippen LogP contribution in [0.1, 0.15) is 18.7 Å². The number of halogens is 1. The molecule has 1 N–H and O–H groups in total. The normalized spacial score (nSPS) is 11.8. The Hall–Kier alpha value is 0.290. The molecule has 1 rings (SSSR count). The molecule has 0 fully saturated rings. The molecule has 92 valence electrons. The highest BCUT2D eigenvalue weighted by Gasteiger charge is 2.15. The quantitative estimate of drug-likeness (QED) is 0.861. The second-order valence-corrected chi connectivity index (χ2v) is 7.59.